The molecule has 3 heteroatoms. The first-order valence-electron chi connectivity index (χ1n) is 6.19. The fraction of sp³-hybridized carbons (Fsp3) is 0.571. The molecule has 0 amide bonds. The Morgan fingerprint density at radius 2 is 1.94 bits per heavy atom. The van der Waals surface area contributed by atoms with Gasteiger partial charge in [-0.1, -0.05) is 25.4 Å². The van der Waals surface area contributed by atoms with E-state index in [1.807, 2.05) is 24.3 Å². The van der Waals surface area contributed by atoms with Crippen molar-refractivity contribution in [2.24, 2.45) is 11.8 Å². The Hall–Kier alpha value is -0.730. The Labute approximate surface area is 108 Å². The number of anilines is 1. The summed E-state index contributed by atoms with van der Waals surface area (Å²) in [5, 5.41) is 13.7. The number of aliphatic hydroxyl groups excluding tert-OH is 1. The van der Waals surface area contributed by atoms with Crippen molar-refractivity contribution in [2.75, 3.05) is 11.9 Å². The number of hydrogen-bond acceptors (Lipinski definition) is 2. The topological polar surface area (TPSA) is 32.3 Å². The van der Waals surface area contributed by atoms with Crippen LogP contribution in [0.3, 0.4) is 0 Å². The van der Waals surface area contributed by atoms with Gasteiger partial charge in [0.05, 0.1) is 12.1 Å². The van der Waals surface area contributed by atoms with Crippen LogP contribution >= 0.6 is 11.6 Å². The van der Waals surface area contributed by atoms with Gasteiger partial charge in [-0.2, -0.15) is 0 Å². The van der Waals surface area contributed by atoms with Gasteiger partial charge in [0, 0.05) is 10.7 Å². The molecular formula is C14H20ClNO. The zero-order valence-electron chi connectivity index (χ0n) is 10.4. The zero-order valence-corrected chi connectivity index (χ0v) is 11.2. The van der Waals surface area contributed by atoms with Crippen molar-refractivity contribution in [2.45, 2.75) is 32.2 Å². The molecule has 0 spiro atoms. The maximum atomic E-state index is 9.56. The molecule has 0 bridgehead atoms. The molecule has 1 aliphatic rings. The largest absolute Gasteiger partial charge is 0.394 e. The summed E-state index contributed by atoms with van der Waals surface area (Å²) in [6.45, 7) is 4.68. The minimum Gasteiger partial charge on any atom is -0.394 e. The molecule has 0 atom stereocenters. The molecule has 0 aromatic heterocycles. The molecule has 1 aromatic rings. The maximum absolute atomic E-state index is 9.56. The van der Waals surface area contributed by atoms with Crippen molar-refractivity contribution < 1.29 is 5.11 Å². The highest BCUT2D eigenvalue weighted by Crippen LogP contribution is 2.43. The van der Waals surface area contributed by atoms with Gasteiger partial charge >= 0.3 is 0 Å². The van der Waals surface area contributed by atoms with Gasteiger partial charge < -0.3 is 10.4 Å². The van der Waals surface area contributed by atoms with Crippen molar-refractivity contribution in [1.29, 1.82) is 0 Å². The number of hydrogen-bond donors (Lipinski definition) is 2. The Morgan fingerprint density at radius 3 is 2.41 bits per heavy atom. The van der Waals surface area contributed by atoms with Crippen LogP contribution in [0.1, 0.15) is 26.7 Å². The SMILES string of the molecule is CC(C)C1CC(CO)(Nc2ccc(Cl)cc2)C1. The standard InChI is InChI=1S/C14H20ClNO/c1-10(2)11-7-14(8-11,9-17)16-13-5-3-12(15)4-6-13/h3-6,10-11,16-17H,7-9H2,1-2H3. The molecule has 0 saturated heterocycles. The van der Waals surface area contributed by atoms with Crippen LogP contribution in [0.25, 0.3) is 0 Å². The third-order valence-corrected chi connectivity index (χ3v) is 4.06. The number of halogens is 1. The lowest BCUT2D eigenvalue weighted by atomic mass is 9.64. The summed E-state index contributed by atoms with van der Waals surface area (Å²) >= 11 is 5.85. The summed E-state index contributed by atoms with van der Waals surface area (Å²) < 4.78 is 0. The van der Waals surface area contributed by atoms with Crippen LogP contribution in [0.15, 0.2) is 24.3 Å². The smallest absolute Gasteiger partial charge is 0.0661 e. The average Bonchev–Trinajstić information content (AvgIpc) is 2.25. The fourth-order valence-corrected chi connectivity index (χ4v) is 2.65. The van der Waals surface area contributed by atoms with Crippen molar-refractivity contribution in [3.05, 3.63) is 29.3 Å². The van der Waals surface area contributed by atoms with E-state index >= 15 is 0 Å². The number of nitrogens with one attached hydrogen (secondary N) is 1. The van der Waals surface area contributed by atoms with Crippen molar-refractivity contribution in [3.63, 3.8) is 0 Å². The van der Waals surface area contributed by atoms with E-state index in [0.29, 0.717) is 5.92 Å². The Kier molecular flexibility index (Phi) is 3.64. The molecule has 2 N–H and O–H groups in total. The molecule has 94 valence electrons. The van der Waals surface area contributed by atoms with E-state index < -0.39 is 0 Å². The lowest BCUT2D eigenvalue weighted by Gasteiger charge is -2.49. The highest BCUT2D eigenvalue weighted by Gasteiger charge is 2.44. The average molecular weight is 254 g/mol. The monoisotopic (exact) mass is 253 g/mol. The summed E-state index contributed by atoms with van der Waals surface area (Å²) in [4.78, 5) is 0. The lowest BCUT2D eigenvalue weighted by Crippen LogP contribution is -2.54. The quantitative estimate of drug-likeness (QED) is 0.860. The number of aliphatic hydroxyl groups is 1. The molecule has 0 aliphatic heterocycles. The van der Waals surface area contributed by atoms with Crippen LogP contribution in [0.2, 0.25) is 5.02 Å². The predicted molar refractivity (Wildman–Crippen MR) is 72.5 cm³/mol. The van der Waals surface area contributed by atoms with E-state index in [2.05, 4.69) is 19.2 Å². The van der Waals surface area contributed by atoms with E-state index in [1.54, 1.807) is 0 Å². The second-order valence-corrected chi connectivity index (χ2v) is 5.92. The molecule has 2 nitrogen and oxygen atoms in total. The highest BCUT2D eigenvalue weighted by atomic mass is 35.5. The van der Waals surface area contributed by atoms with E-state index in [1.165, 1.54) is 0 Å². The molecule has 0 unspecified atom stereocenters. The van der Waals surface area contributed by atoms with Crippen molar-refractivity contribution >= 4 is 17.3 Å². The molecule has 2 rings (SSSR count). The maximum Gasteiger partial charge on any atom is 0.0661 e. The summed E-state index contributed by atoms with van der Waals surface area (Å²) in [6, 6.07) is 7.66. The molecule has 1 aliphatic carbocycles. The summed E-state index contributed by atoms with van der Waals surface area (Å²) in [7, 11) is 0. The predicted octanol–water partition coefficient (Wildman–Crippen LogP) is 3.55. The van der Waals surface area contributed by atoms with Gasteiger partial charge in [-0.3, -0.25) is 0 Å². The van der Waals surface area contributed by atoms with E-state index in [4.69, 9.17) is 11.6 Å². The molecule has 17 heavy (non-hydrogen) atoms. The third-order valence-electron chi connectivity index (χ3n) is 3.81. The van der Waals surface area contributed by atoms with E-state index in [0.717, 1.165) is 29.5 Å². The van der Waals surface area contributed by atoms with Gasteiger partial charge in [-0.25, -0.2) is 0 Å². The van der Waals surface area contributed by atoms with Crippen LogP contribution in [-0.2, 0) is 0 Å². The number of benzene rings is 1. The Morgan fingerprint density at radius 1 is 1.35 bits per heavy atom. The molecule has 1 aromatic carbocycles. The normalized spacial score (nSPS) is 27.9. The fourth-order valence-electron chi connectivity index (χ4n) is 2.53. The molecule has 0 heterocycles. The first-order chi connectivity index (χ1) is 8.04. The van der Waals surface area contributed by atoms with E-state index in [-0.39, 0.29) is 12.1 Å². The minimum absolute atomic E-state index is 0.122. The summed E-state index contributed by atoms with van der Waals surface area (Å²) in [5.74, 6) is 1.42. The van der Waals surface area contributed by atoms with Crippen molar-refractivity contribution in [1.82, 2.24) is 0 Å². The second kappa shape index (κ2) is 4.87. The molecular weight excluding hydrogens is 234 g/mol. The van der Waals surface area contributed by atoms with Crippen LogP contribution in [0, 0.1) is 11.8 Å². The number of rotatable bonds is 4. The lowest BCUT2D eigenvalue weighted by molar-refractivity contribution is 0.0648. The zero-order chi connectivity index (χ0) is 12.5. The van der Waals surface area contributed by atoms with Crippen LogP contribution in [0.5, 0.6) is 0 Å². The minimum atomic E-state index is -0.122. The molecule has 0 radical (unpaired) electrons. The third kappa shape index (κ3) is 2.75. The van der Waals surface area contributed by atoms with Crippen LogP contribution in [-0.4, -0.2) is 17.3 Å². The van der Waals surface area contributed by atoms with Gasteiger partial charge in [0.15, 0.2) is 0 Å². The summed E-state index contributed by atoms with van der Waals surface area (Å²) in [5.41, 5.74) is 0.911. The van der Waals surface area contributed by atoms with Crippen LogP contribution in [0.4, 0.5) is 5.69 Å². The Bertz CT molecular complexity index is 368. The summed E-state index contributed by atoms with van der Waals surface area (Å²) in [6.07, 6.45) is 2.09. The van der Waals surface area contributed by atoms with E-state index in [9.17, 15) is 5.11 Å². The van der Waals surface area contributed by atoms with Crippen molar-refractivity contribution in [3.8, 4) is 0 Å². The van der Waals surface area contributed by atoms with Gasteiger partial charge in [-0.15, -0.1) is 0 Å². The molecule has 1 saturated carbocycles. The van der Waals surface area contributed by atoms with Gasteiger partial charge in [0.25, 0.3) is 0 Å². The molecule has 1 fully saturated rings. The first kappa shape index (κ1) is 12.7. The Balaban J connectivity index is 2.00. The highest BCUT2D eigenvalue weighted by molar-refractivity contribution is 6.30. The second-order valence-electron chi connectivity index (χ2n) is 5.48. The van der Waals surface area contributed by atoms with Gasteiger partial charge in [0.2, 0.25) is 0 Å². The first-order valence-corrected chi connectivity index (χ1v) is 6.57. The van der Waals surface area contributed by atoms with Gasteiger partial charge in [0.1, 0.15) is 0 Å². The van der Waals surface area contributed by atoms with Crippen LogP contribution < -0.4 is 5.32 Å². The van der Waals surface area contributed by atoms with Gasteiger partial charge in [-0.05, 0) is 48.9 Å².